The zero-order valence-electron chi connectivity index (χ0n) is 12.1. The Hall–Kier alpha value is -1.17. The van der Waals surface area contributed by atoms with E-state index < -0.39 is 18.0 Å². The van der Waals surface area contributed by atoms with Gasteiger partial charge in [0.25, 0.3) is 0 Å². The van der Waals surface area contributed by atoms with Crippen LogP contribution < -0.4 is 0 Å². The topological polar surface area (TPSA) is 12.9 Å². The van der Waals surface area contributed by atoms with Crippen molar-refractivity contribution >= 4 is 17.2 Å². The average Bonchev–Trinajstić information content (AvgIpc) is 2.44. The highest BCUT2D eigenvalue weighted by atomic mass is 35.5. The maximum absolute atomic E-state index is 13.0. The molecule has 0 saturated heterocycles. The smallest absolute Gasteiger partial charge is 0.259 e. The summed E-state index contributed by atoms with van der Waals surface area (Å²) in [4.78, 5) is 4.10. The molecule has 0 amide bonds. The van der Waals surface area contributed by atoms with Crippen LogP contribution in [0, 0.1) is 5.92 Å². The van der Waals surface area contributed by atoms with Crippen LogP contribution in [0.2, 0.25) is 5.02 Å². The van der Waals surface area contributed by atoms with Crippen LogP contribution in [-0.4, -0.2) is 17.1 Å². The van der Waals surface area contributed by atoms with E-state index in [1.807, 2.05) is 0 Å². The second-order valence-corrected chi connectivity index (χ2v) is 6.70. The van der Waals surface area contributed by atoms with E-state index in [-0.39, 0.29) is 38.0 Å². The Bertz CT molecular complexity index is 630. The van der Waals surface area contributed by atoms with Crippen molar-refractivity contribution < 1.29 is 22.0 Å². The maximum atomic E-state index is 13.0. The second kappa shape index (κ2) is 5.72. The number of pyridine rings is 1. The number of halogens is 6. The molecule has 2 aliphatic carbocycles. The minimum Gasteiger partial charge on any atom is -0.259 e. The lowest BCUT2D eigenvalue weighted by Crippen LogP contribution is -2.34. The first-order chi connectivity index (χ1) is 10.7. The third-order valence-electron chi connectivity index (χ3n) is 4.60. The third-order valence-corrected chi connectivity index (χ3v) is 4.91. The number of aromatic nitrogens is 1. The van der Waals surface area contributed by atoms with E-state index in [0.717, 1.165) is 5.57 Å². The van der Waals surface area contributed by atoms with E-state index in [0.29, 0.717) is 16.3 Å². The van der Waals surface area contributed by atoms with E-state index in [9.17, 15) is 22.0 Å². The predicted molar refractivity (Wildman–Crippen MR) is 77.5 cm³/mol. The van der Waals surface area contributed by atoms with E-state index in [2.05, 4.69) is 4.98 Å². The van der Waals surface area contributed by atoms with Gasteiger partial charge in [0.1, 0.15) is 0 Å². The van der Waals surface area contributed by atoms with Crippen LogP contribution in [0.1, 0.15) is 49.3 Å². The maximum Gasteiger partial charge on any atom is 0.392 e. The lowest BCUT2D eigenvalue weighted by atomic mass is 9.78. The average molecular weight is 352 g/mol. The minimum atomic E-state index is -4.19. The Morgan fingerprint density at radius 3 is 2.43 bits per heavy atom. The van der Waals surface area contributed by atoms with Crippen molar-refractivity contribution in [2.45, 2.75) is 50.1 Å². The molecule has 0 bridgehead atoms. The Balaban J connectivity index is 1.79. The van der Waals surface area contributed by atoms with Crippen molar-refractivity contribution in [3.05, 3.63) is 34.6 Å². The highest BCUT2D eigenvalue weighted by molar-refractivity contribution is 6.32. The molecule has 1 saturated carbocycles. The fraction of sp³-hybridized carbons (Fsp3) is 0.562. The molecule has 1 aromatic heterocycles. The minimum absolute atomic E-state index is 0.0187. The number of alkyl halides is 5. The quantitative estimate of drug-likeness (QED) is 0.596. The molecule has 0 spiro atoms. The molecule has 23 heavy (non-hydrogen) atoms. The second-order valence-electron chi connectivity index (χ2n) is 6.29. The van der Waals surface area contributed by atoms with Gasteiger partial charge in [-0.15, -0.1) is 0 Å². The Morgan fingerprint density at radius 2 is 1.91 bits per heavy atom. The molecule has 1 nitrogen and oxygen atoms in total. The van der Waals surface area contributed by atoms with Gasteiger partial charge in [0.2, 0.25) is 5.92 Å². The van der Waals surface area contributed by atoms with Crippen LogP contribution in [0.15, 0.2) is 18.3 Å². The Kier molecular flexibility index (Phi) is 4.15. The summed E-state index contributed by atoms with van der Waals surface area (Å²) in [5.41, 5.74) is 1.90. The number of rotatable bonds is 2. The zero-order chi connectivity index (χ0) is 16.8. The van der Waals surface area contributed by atoms with Gasteiger partial charge in [0.05, 0.1) is 10.9 Å². The summed E-state index contributed by atoms with van der Waals surface area (Å²) < 4.78 is 64.1. The van der Waals surface area contributed by atoms with Gasteiger partial charge in [-0.1, -0.05) is 17.7 Å². The van der Waals surface area contributed by atoms with Gasteiger partial charge in [-0.25, -0.2) is 8.78 Å². The molecule has 1 heterocycles. The molecule has 2 aliphatic rings. The van der Waals surface area contributed by atoms with Crippen LogP contribution in [0.3, 0.4) is 0 Å². The molecule has 126 valence electrons. The number of allylic oxidation sites excluding steroid dienone is 2. The largest absolute Gasteiger partial charge is 0.392 e. The standard InChI is InChI=1S/C16H15ClF5N/c17-13-8-23-14(10-6-15(18,19)7-10)5-12(13)9-1-3-11(4-2-9)16(20,21)22/h1,5,8,10-11H,2-4,6-7H2. The van der Waals surface area contributed by atoms with Crippen molar-refractivity contribution in [2.24, 2.45) is 5.92 Å². The molecule has 0 N–H and O–H groups in total. The monoisotopic (exact) mass is 351 g/mol. The first-order valence-corrected chi connectivity index (χ1v) is 7.83. The van der Waals surface area contributed by atoms with Crippen LogP contribution in [0.5, 0.6) is 0 Å². The summed E-state index contributed by atoms with van der Waals surface area (Å²) >= 11 is 6.10. The third kappa shape index (κ3) is 3.52. The van der Waals surface area contributed by atoms with E-state index in [1.165, 1.54) is 6.20 Å². The zero-order valence-corrected chi connectivity index (χ0v) is 12.9. The van der Waals surface area contributed by atoms with Crippen LogP contribution in [0.4, 0.5) is 22.0 Å². The first kappa shape index (κ1) is 16.7. The van der Waals surface area contributed by atoms with Gasteiger partial charge in [0.15, 0.2) is 0 Å². The number of hydrogen-bond donors (Lipinski definition) is 0. The lowest BCUT2D eigenvalue weighted by Gasteiger charge is -2.34. The normalized spacial score (nSPS) is 25.0. The van der Waals surface area contributed by atoms with E-state index >= 15 is 0 Å². The molecule has 0 aromatic carbocycles. The van der Waals surface area contributed by atoms with Crippen LogP contribution in [-0.2, 0) is 0 Å². The highest BCUT2D eigenvalue weighted by Crippen LogP contribution is 2.48. The summed E-state index contributed by atoms with van der Waals surface area (Å²) in [7, 11) is 0. The van der Waals surface area contributed by atoms with Gasteiger partial charge >= 0.3 is 6.18 Å². The molecule has 0 aliphatic heterocycles. The molecule has 0 radical (unpaired) electrons. The van der Waals surface area contributed by atoms with Crippen molar-refractivity contribution in [3.8, 4) is 0 Å². The summed E-state index contributed by atoms with van der Waals surface area (Å²) in [5.74, 6) is -4.28. The van der Waals surface area contributed by atoms with Crippen LogP contribution in [0.25, 0.3) is 5.57 Å². The molecule has 7 heteroatoms. The summed E-state index contributed by atoms with van der Waals surface area (Å²) in [6.07, 6.45) is -1.49. The Morgan fingerprint density at radius 1 is 1.22 bits per heavy atom. The summed E-state index contributed by atoms with van der Waals surface area (Å²) in [6, 6.07) is 1.65. The highest BCUT2D eigenvalue weighted by Gasteiger charge is 2.46. The number of hydrogen-bond acceptors (Lipinski definition) is 1. The number of nitrogens with zero attached hydrogens (tertiary/aromatic N) is 1. The van der Waals surface area contributed by atoms with Crippen LogP contribution >= 0.6 is 11.6 Å². The molecule has 1 fully saturated rings. The molecule has 3 rings (SSSR count). The molecule has 1 atom stereocenters. The van der Waals surface area contributed by atoms with Gasteiger partial charge in [-0.05, 0) is 36.5 Å². The molecular weight excluding hydrogens is 337 g/mol. The van der Waals surface area contributed by atoms with Crippen molar-refractivity contribution in [1.29, 1.82) is 0 Å². The Labute approximate surface area is 135 Å². The van der Waals surface area contributed by atoms with Gasteiger partial charge in [0, 0.05) is 30.7 Å². The van der Waals surface area contributed by atoms with Crippen molar-refractivity contribution in [1.82, 2.24) is 4.98 Å². The summed E-state index contributed by atoms with van der Waals surface area (Å²) in [5, 5.41) is 0.344. The molecule has 1 aromatic rings. The fourth-order valence-electron chi connectivity index (χ4n) is 3.17. The van der Waals surface area contributed by atoms with Crippen molar-refractivity contribution in [2.75, 3.05) is 0 Å². The summed E-state index contributed by atoms with van der Waals surface area (Å²) in [6.45, 7) is 0. The first-order valence-electron chi connectivity index (χ1n) is 7.45. The van der Waals surface area contributed by atoms with Gasteiger partial charge in [-0.2, -0.15) is 13.2 Å². The fourth-order valence-corrected chi connectivity index (χ4v) is 3.40. The van der Waals surface area contributed by atoms with E-state index in [1.54, 1.807) is 12.1 Å². The van der Waals surface area contributed by atoms with Crippen molar-refractivity contribution in [3.63, 3.8) is 0 Å². The lowest BCUT2D eigenvalue weighted by molar-refractivity contribution is -0.175. The van der Waals surface area contributed by atoms with E-state index in [4.69, 9.17) is 11.6 Å². The molecular formula is C16H15ClF5N. The SMILES string of the molecule is FC1(F)CC(c2cc(C3=CCC(C(F)(F)F)CC3)c(Cl)cn2)C1. The van der Waals surface area contributed by atoms with Gasteiger partial charge in [-0.3, -0.25) is 4.98 Å². The van der Waals surface area contributed by atoms with Gasteiger partial charge < -0.3 is 0 Å². The molecule has 1 unspecified atom stereocenters. The predicted octanol–water partition coefficient (Wildman–Crippen LogP) is 5.99.